The van der Waals surface area contributed by atoms with Crippen LogP contribution in [0.2, 0.25) is 0 Å². The van der Waals surface area contributed by atoms with Gasteiger partial charge in [0, 0.05) is 12.5 Å². The topological polar surface area (TPSA) is 100 Å². The number of carboxylic acids is 1. The smallest absolute Gasteiger partial charge is 0.303 e. The molecule has 0 fully saturated rings. The zero-order valence-corrected chi connectivity index (χ0v) is 14.6. The van der Waals surface area contributed by atoms with Crippen LogP contribution in [0.5, 0.6) is 11.5 Å². The van der Waals surface area contributed by atoms with Crippen molar-refractivity contribution in [2.75, 3.05) is 0 Å². The van der Waals surface area contributed by atoms with Crippen LogP contribution in [0.25, 0.3) is 11.3 Å². The van der Waals surface area contributed by atoms with Gasteiger partial charge in [-0.05, 0) is 29.3 Å². The van der Waals surface area contributed by atoms with Gasteiger partial charge in [0.25, 0.3) is 0 Å². The molecule has 0 aliphatic carbocycles. The number of phenols is 2. The number of aryl methyl sites for hydroxylation is 1. The van der Waals surface area contributed by atoms with E-state index in [9.17, 15) is 15.0 Å². The molecule has 0 spiro atoms. The molecule has 0 unspecified atom stereocenters. The standard InChI is InChI=1S/C21H20O6/c22-16-10-15(13-26-12-14-4-2-1-3-5-14)21(18(23)11-16)19-8-6-17(27-19)7-9-20(24)25/h1-6,8,10-11,22-23H,7,9,12-13H2,(H,24,25). The average Bonchev–Trinajstić information content (AvgIpc) is 3.09. The van der Waals surface area contributed by atoms with E-state index in [0.717, 1.165) is 5.56 Å². The summed E-state index contributed by atoms with van der Waals surface area (Å²) in [5, 5.41) is 28.9. The first kappa shape index (κ1) is 18.5. The van der Waals surface area contributed by atoms with Crippen LogP contribution in [0.15, 0.2) is 59.0 Å². The molecule has 3 rings (SSSR count). The number of phenolic OH excluding ortho intramolecular Hbond substituents is 2. The Hall–Kier alpha value is -3.25. The van der Waals surface area contributed by atoms with E-state index >= 15 is 0 Å². The summed E-state index contributed by atoms with van der Waals surface area (Å²) in [6.45, 7) is 0.552. The number of hydrogen-bond donors (Lipinski definition) is 3. The van der Waals surface area contributed by atoms with Crippen LogP contribution >= 0.6 is 0 Å². The number of aromatic hydroxyl groups is 2. The first-order chi connectivity index (χ1) is 13.0. The molecule has 0 saturated heterocycles. The predicted octanol–water partition coefficient (Wildman–Crippen LogP) is 4.09. The van der Waals surface area contributed by atoms with Crippen molar-refractivity contribution in [1.29, 1.82) is 0 Å². The van der Waals surface area contributed by atoms with Gasteiger partial charge in [-0.15, -0.1) is 0 Å². The Morgan fingerprint density at radius 1 is 1.00 bits per heavy atom. The lowest BCUT2D eigenvalue weighted by molar-refractivity contribution is -0.137. The van der Waals surface area contributed by atoms with Crippen molar-refractivity contribution in [3.63, 3.8) is 0 Å². The molecule has 3 N–H and O–H groups in total. The van der Waals surface area contributed by atoms with Gasteiger partial charge in [0.1, 0.15) is 23.0 Å². The highest BCUT2D eigenvalue weighted by Crippen LogP contribution is 2.37. The van der Waals surface area contributed by atoms with E-state index in [0.29, 0.717) is 29.3 Å². The number of furan rings is 1. The summed E-state index contributed by atoms with van der Waals surface area (Å²) >= 11 is 0. The van der Waals surface area contributed by atoms with E-state index < -0.39 is 5.97 Å². The fourth-order valence-electron chi connectivity index (χ4n) is 2.80. The minimum absolute atomic E-state index is 0.0401. The van der Waals surface area contributed by atoms with Crippen LogP contribution in [0.1, 0.15) is 23.3 Å². The van der Waals surface area contributed by atoms with E-state index in [1.165, 1.54) is 12.1 Å². The van der Waals surface area contributed by atoms with E-state index in [4.69, 9.17) is 14.3 Å². The van der Waals surface area contributed by atoms with Crippen molar-refractivity contribution in [2.45, 2.75) is 26.1 Å². The van der Waals surface area contributed by atoms with Gasteiger partial charge in [0.05, 0.1) is 25.2 Å². The highest BCUT2D eigenvalue weighted by atomic mass is 16.5. The van der Waals surface area contributed by atoms with Gasteiger partial charge in [-0.2, -0.15) is 0 Å². The van der Waals surface area contributed by atoms with Crippen LogP contribution in [-0.2, 0) is 29.2 Å². The number of carboxylic acid groups (broad SMARTS) is 1. The number of rotatable bonds is 8. The Morgan fingerprint density at radius 2 is 1.78 bits per heavy atom. The molecule has 140 valence electrons. The Labute approximate surface area is 156 Å². The second-order valence-electron chi connectivity index (χ2n) is 6.14. The van der Waals surface area contributed by atoms with E-state index in [1.807, 2.05) is 30.3 Å². The quantitative estimate of drug-likeness (QED) is 0.554. The first-order valence-electron chi connectivity index (χ1n) is 8.50. The van der Waals surface area contributed by atoms with Crippen molar-refractivity contribution in [2.24, 2.45) is 0 Å². The number of aliphatic carboxylic acids is 1. The Kier molecular flexibility index (Phi) is 5.78. The summed E-state index contributed by atoms with van der Waals surface area (Å²) in [6, 6.07) is 15.8. The van der Waals surface area contributed by atoms with Gasteiger partial charge in [-0.1, -0.05) is 30.3 Å². The lowest BCUT2D eigenvalue weighted by atomic mass is 10.0. The zero-order chi connectivity index (χ0) is 19.2. The van der Waals surface area contributed by atoms with E-state index in [-0.39, 0.29) is 30.9 Å². The summed E-state index contributed by atoms with van der Waals surface area (Å²) in [4.78, 5) is 10.7. The molecule has 0 atom stereocenters. The third-order valence-electron chi connectivity index (χ3n) is 4.05. The molecule has 0 aliphatic rings. The van der Waals surface area contributed by atoms with Gasteiger partial charge >= 0.3 is 5.97 Å². The van der Waals surface area contributed by atoms with Crippen LogP contribution in [0, 0.1) is 0 Å². The maximum atomic E-state index is 10.7. The molecule has 0 saturated carbocycles. The van der Waals surface area contributed by atoms with Crippen LogP contribution in [0.3, 0.4) is 0 Å². The summed E-state index contributed by atoms with van der Waals surface area (Å²) in [5.41, 5.74) is 2.00. The minimum Gasteiger partial charge on any atom is -0.508 e. The van der Waals surface area contributed by atoms with E-state index in [2.05, 4.69) is 0 Å². The number of hydrogen-bond acceptors (Lipinski definition) is 5. The Balaban J connectivity index is 1.79. The van der Waals surface area contributed by atoms with Gasteiger partial charge in [-0.3, -0.25) is 4.79 Å². The molecule has 0 amide bonds. The molecule has 27 heavy (non-hydrogen) atoms. The first-order valence-corrected chi connectivity index (χ1v) is 8.50. The highest BCUT2D eigenvalue weighted by molar-refractivity contribution is 5.71. The molecule has 0 radical (unpaired) electrons. The second-order valence-corrected chi connectivity index (χ2v) is 6.14. The van der Waals surface area contributed by atoms with Crippen LogP contribution in [-0.4, -0.2) is 21.3 Å². The molecular weight excluding hydrogens is 348 g/mol. The lowest BCUT2D eigenvalue weighted by Gasteiger charge is -2.11. The summed E-state index contributed by atoms with van der Waals surface area (Å²) in [6.07, 6.45) is 0.218. The van der Waals surface area contributed by atoms with Gasteiger partial charge in [0.15, 0.2) is 0 Å². The molecule has 2 aromatic carbocycles. The molecule has 0 aliphatic heterocycles. The summed E-state index contributed by atoms with van der Waals surface area (Å²) in [7, 11) is 0. The van der Waals surface area contributed by atoms with E-state index in [1.54, 1.807) is 12.1 Å². The normalized spacial score (nSPS) is 10.8. The summed E-state index contributed by atoms with van der Waals surface area (Å²) < 4.78 is 11.4. The molecule has 6 nitrogen and oxygen atoms in total. The maximum Gasteiger partial charge on any atom is 0.303 e. The Morgan fingerprint density at radius 3 is 2.52 bits per heavy atom. The molecular formula is C21H20O6. The molecule has 0 bridgehead atoms. The van der Waals surface area contributed by atoms with Crippen molar-refractivity contribution >= 4 is 5.97 Å². The largest absolute Gasteiger partial charge is 0.508 e. The maximum absolute atomic E-state index is 10.7. The van der Waals surface area contributed by atoms with Gasteiger partial charge in [-0.25, -0.2) is 0 Å². The SMILES string of the molecule is O=C(O)CCc1ccc(-c2c(O)cc(O)cc2COCc2ccccc2)o1. The van der Waals surface area contributed by atoms with Crippen LogP contribution < -0.4 is 0 Å². The van der Waals surface area contributed by atoms with Crippen LogP contribution in [0.4, 0.5) is 0 Å². The third-order valence-corrected chi connectivity index (χ3v) is 4.05. The fourth-order valence-corrected chi connectivity index (χ4v) is 2.80. The van der Waals surface area contributed by atoms with Gasteiger partial charge in [0.2, 0.25) is 0 Å². The summed E-state index contributed by atoms with van der Waals surface area (Å²) in [5.74, 6) is -0.211. The molecule has 1 heterocycles. The number of ether oxygens (including phenoxy) is 1. The number of carbonyl (C=O) groups is 1. The molecule has 6 heteroatoms. The van der Waals surface area contributed by atoms with Crippen molar-refractivity contribution in [3.05, 3.63) is 71.5 Å². The van der Waals surface area contributed by atoms with Gasteiger partial charge < -0.3 is 24.5 Å². The van der Waals surface area contributed by atoms with Crippen molar-refractivity contribution in [1.82, 2.24) is 0 Å². The molecule has 3 aromatic rings. The van der Waals surface area contributed by atoms with Crippen molar-refractivity contribution < 1.29 is 29.3 Å². The monoisotopic (exact) mass is 368 g/mol. The minimum atomic E-state index is -0.907. The second kappa shape index (κ2) is 8.42. The van der Waals surface area contributed by atoms with Crippen molar-refractivity contribution in [3.8, 4) is 22.8 Å². The zero-order valence-electron chi connectivity index (χ0n) is 14.6. The lowest BCUT2D eigenvalue weighted by Crippen LogP contribution is -1.97. The highest BCUT2D eigenvalue weighted by Gasteiger charge is 2.17. The predicted molar refractivity (Wildman–Crippen MR) is 98.4 cm³/mol. The molecule has 1 aromatic heterocycles. The fraction of sp³-hybridized carbons (Fsp3) is 0.190. The third kappa shape index (κ3) is 4.89. The average molecular weight is 368 g/mol. The Bertz CT molecular complexity index is 914. The number of benzene rings is 2.